The largest absolute Gasteiger partial charge is 0.393 e. The summed E-state index contributed by atoms with van der Waals surface area (Å²) >= 11 is 0. The van der Waals surface area contributed by atoms with Crippen molar-refractivity contribution in [2.24, 2.45) is 5.92 Å². The molecule has 1 atom stereocenters. The summed E-state index contributed by atoms with van der Waals surface area (Å²) in [5, 5.41) is 15.5. The quantitative estimate of drug-likeness (QED) is 0.780. The molecule has 1 aliphatic carbocycles. The molecular weight excluding hydrogens is 295 g/mol. The van der Waals surface area contributed by atoms with Crippen molar-refractivity contribution in [3.8, 4) is 0 Å². The lowest BCUT2D eigenvalue weighted by Gasteiger charge is -2.28. The second kappa shape index (κ2) is 8.29. The van der Waals surface area contributed by atoms with Crippen LogP contribution in [0.3, 0.4) is 0 Å². The minimum Gasteiger partial charge on any atom is -0.393 e. The van der Waals surface area contributed by atoms with Crippen molar-refractivity contribution in [2.45, 2.75) is 64.1 Å². The number of carbonyl (C=O) groups is 1. The standard InChI is InChI=1S/C18H27FN2O2/c1-12(2)17(11-13-3-5-14(19)6-4-13)21-18(23)20-15-7-9-16(22)10-8-15/h3-6,12,15-17,22H,7-11H2,1-2H3,(H2,20,21,23). The van der Waals surface area contributed by atoms with E-state index in [9.17, 15) is 14.3 Å². The van der Waals surface area contributed by atoms with Gasteiger partial charge in [-0.2, -0.15) is 0 Å². The van der Waals surface area contributed by atoms with E-state index < -0.39 is 0 Å². The van der Waals surface area contributed by atoms with Crippen molar-refractivity contribution in [1.82, 2.24) is 10.6 Å². The summed E-state index contributed by atoms with van der Waals surface area (Å²) in [5.41, 5.74) is 1.01. The Balaban J connectivity index is 1.85. The molecule has 1 unspecified atom stereocenters. The van der Waals surface area contributed by atoms with Gasteiger partial charge in [0, 0.05) is 12.1 Å². The van der Waals surface area contributed by atoms with E-state index in [1.165, 1.54) is 12.1 Å². The summed E-state index contributed by atoms with van der Waals surface area (Å²) in [6.07, 6.45) is 3.58. The molecule has 1 fully saturated rings. The number of aliphatic hydroxyl groups is 1. The van der Waals surface area contributed by atoms with Crippen molar-refractivity contribution < 1.29 is 14.3 Å². The van der Waals surface area contributed by atoms with Crippen molar-refractivity contribution in [3.63, 3.8) is 0 Å². The van der Waals surface area contributed by atoms with Crippen LogP contribution in [-0.2, 0) is 6.42 Å². The van der Waals surface area contributed by atoms with Crippen LogP contribution in [0.15, 0.2) is 24.3 Å². The highest BCUT2D eigenvalue weighted by molar-refractivity contribution is 5.74. The lowest BCUT2D eigenvalue weighted by atomic mass is 9.93. The summed E-state index contributed by atoms with van der Waals surface area (Å²) in [7, 11) is 0. The fourth-order valence-electron chi connectivity index (χ4n) is 2.94. The molecule has 128 valence electrons. The molecule has 0 heterocycles. The predicted molar refractivity (Wildman–Crippen MR) is 88.7 cm³/mol. The van der Waals surface area contributed by atoms with Crippen LogP contribution >= 0.6 is 0 Å². The topological polar surface area (TPSA) is 61.4 Å². The second-order valence-corrected chi connectivity index (χ2v) is 6.80. The normalized spacial score (nSPS) is 22.7. The van der Waals surface area contributed by atoms with E-state index in [-0.39, 0.29) is 36.0 Å². The van der Waals surface area contributed by atoms with Crippen molar-refractivity contribution in [2.75, 3.05) is 0 Å². The van der Waals surface area contributed by atoms with Gasteiger partial charge in [-0.15, -0.1) is 0 Å². The van der Waals surface area contributed by atoms with Crippen LogP contribution in [-0.4, -0.2) is 29.3 Å². The minimum absolute atomic E-state index is 0.00496. The summed E-state index contributed by atoms with van der Waals surface area (Å²) in [5.74, 6) is 0.0269. The summed E-state index contributed by atoms with van der Waals surface area (Å²) in [4.78, 5) is 12.2. The highest BCUT2D eigenvalue weighted by Crippen LogP contribution is 2.18. The third kappa shape index (κ3) is 5.82. The van der Waals surface area contributed by atoms with Crippen molar-refractivity contribution in [1.29, 1.82) is 0 Å². The zero-order valence-electron chi connectivity index (χ0n) is 13.9. The molecule has 1 aliphatic rings. The number of urea groups is 1. The van der Waals surface area contributed by atoms with E-state index in [1.54, 1.807) is 12.1 Å². The summed E-state index contributed by atoms with van der Waals surface area (Å²) in [6, 6.07) is 6.37. The summed E-state index contributed by atoms with van der Waals surface area (Å²) < 4.78 is 13.0. The van der Waals surface area contributed by atoms with Gasteiger partial charge < -0.3 is 15.7 Å². The molecule has 0 aliphatic heterocycles. The first-order valence-corrected chi connectivity index (χ1v) is 8.43. The monoisotopic (exact) mass is 322 g/mol. The Hall–Kier alpha value is -1.62. The highest BCUT2D eigenvalue weighted by atomic mass is 19.1. The smallest absolute Gasteiger partial charge is 0.315 e. The van der Waals surface area contributed by atoms with Gasteiger partial charge in [-0.25, -0.2) is 9.18 Å². The van der Waals surface area contributed by atoms with Gasteiger partial charge >= 0.3 is 6.03 Å². The summed E-state index contributed by atoms with van der Waals surface area (Å²) in [6.45, 7) is 4.12. The molecule has 1 saturated carbocycles. The molecule has 5 heteroatoms. The molecule has 2 rings (SSSR count). The Bertz CT molecular complexity index is 496. The lowest BCUT2D eigenvalue weighted by Crippen LogP contribution is -2.49. The molecular formula is C18H27FN2O2. The maximum atomic E-state index is 13.0. The van der Waals surface area contributed by atoms with Crippen LogP contribution in [0.2, 0.25) is 0 Å². The van der Waals surface area contributed by atoms with Crippen LogP contribution in [0.5, 0.6) is 0 Å². The van der Waals surface area contributed by atoms with Gasteiger partial charge in [-0.1, -0.05) is 26.0 Å². The molecule has 1 aromatic carbocycles. The SMILES string of the molecule is CC(C)C(Cc1ccc(F)cc1)NC(=O)NC1CCC(O)CC1. The number of hydrogen-bond acceptors (Lipinski definition) is 2. The third-order valence-corrected chi connectivity index (χ3v) is 4.52. The first-order valence-electron chi connectivity index (χ1n) is 8.43. The Morgan fingerprint density at radius 3 is 2.39 bits per heavy atom. The van der Waals surface area contributed by atoms with Crippen LogP contribution in [0.1, 0.15) is 45.1 Å². The third-order valence-electron chi connectivity index (χ3n) is 4.52. The Labute approximate surface area is 137 Å². The number of benzene rings is 1. The number of halogens is 1. The number of amides is 2. The Kier molecular flexibility index (Phi) is 6.39. The van der Waals surface area contributed by atoms with Gasteiger partial charge in [0.25, 0.3) is 0 Å². The van der Waals surface area contributed by atoms with Gasteiger partial charge in [-0.3, -0.25) is 0 Å². The first kappa shape index (κ1) is 17.7. The van der Waals surface area contributed by atoms with Gasteiger partial charge in [-0.05, 0) is 55.7 Å². The predicted octanol–water partition coefficient (Wildman–Crippen LogP) is 3.00. The molecule has 0 spiro atoms. The number of carbonyl (C=O) groups excluding carboxylic acids is 1. The molecule has 0 aromatic heterocycles. The maximum absolute atomic E-state index is 13.0. The van der Waals surface area contributed by atoms with E-state index in [2.05, 4.69) is 24.5 Å². The van der Waals surface area contributed by atoms with Crippen molar-refractivity contribution in [3.05, 3.63) is 35.6 Å². The fraction of sp³-hybridized carbons (Fsp3) is 0.611. The second-order valence-electron chi connectivity index (χ2n) is 6.80. The average Bonchev–Trinajstić information content (AvgIpc) is 2.51. The number of nitrogens with one attached hydrogen (secondary N) is 2. The fourth-order valence-corrected chi connectivity index (χ4v) is 2.94. The zero-order chi connectivity index (χ0) is 16.8. The number of aliphatic hydroxyl groups excluding tert-OH is 1. The molecule has 0 saturated heterocycles. The van der Waals surface area contributed by atoms with E-state index in [1.807, 2.05) is 0 Å². The molecule has 2 amide bonds. The Morgan fingerprint density at radius 1 is 1.22 bits per heavy atom. The van der Waals surface area contributed by atoms with Crippen LogP contribution in [0.4, 0.5) is 9.18 Å². The highest BCUT2D eigenvalue weighted by Gasteiger charge is 2.22. The van der Waals surface area contributed by atoms with E-state index in [0.717, 1.165) is 31.2 Å². The van der Waals surface area contributed by atoms with Gasteiger partial charge in [0.05, 0.1) is 6.10 Å². The minimum atomic E-state index is -0.250. The van der Waals surface area contributed by atoms with Crippen LogP contribution in [0, 0.1) is 11.7 Å². The van der Waals surface area contributed by atoms with Gasteiger partial charge in [0.15, 0.2) is 0 Å². The number of rotatable bonds is 5. The lowest BCUT2D eigenvalue weighted by molar-refractivity contribution is 0.117. The molecule has 3 N–H and O–H groups in total. The van der Waals surface area contributed by atoms with Gasteiger partial charge in [0.1, 0.15) is 5.82 Å². The molecule has 4 nitrogen and oxygen atoms in total. The first-order chi connectivity index (χ1) is 10.9. The number of hydrogen-bond donors (Lipinski definition) is 3. The van der Waals surface area contributed by atoms with E-state index in [4.69, 9.17) is 0 Å². The average molecular weight is 322 g/mol. The molecule has 1 aromatic rings. The molecule has 0 radical (unpaired) electrons. The zero-order valence-corrected chi connectivity index (χ0v) is 13.9. The van der Waals surface area contributed by atoms with Crippen molar-refractivity contribution >= 4 is 6.03 Å². The maximum Gasteiger partial charge on any atom is 0.315 e. The van der Waals surface area contributed by atoms with E-state index >= 15 is 0 Å². The molecule has 0 bridgehead atoms. The van der Waals surface area contributed by atoms with E-state index in [0.29, 0.717) is 6.42 Å². The van der Waals surface area contributed by atoms with Gasteiger partial charge in [0.2, 0.25) is 0 Å². The Morgan fingerprint density at radius 2 is 1.83 bits per heavy atom. The van der Waals surface area contributed by atoms with Crippen LogP contribution < -0.4 is 10.6 Å². The molecule has 23 heavy (non-hydrogen) atoms. The van der Waals surface area contributed by atoms with Crippen LogP contribution in [0.25, 0.3) is 0 Å².